The standard InChI is InChI=1S/C55H37N3/c1-55(2)47-23-9-7-18-43(47)46-33-38(29-31-48(46)55)42-21-12-22-45-51-41-17-6-4-14-35(41)30-32-50(51)58(53(42)45)54-56-49-24-10-8-19-44(49)52(57-54)37-27-25-36(26-28-37)40-20-11-15-34-13-3-5-16-39(34)40/h3-33H,1-2H3. The van der Waals surface area contributed by atoms with Crippen LogP contribution in [0.25, 0.3) is 105 Å². The van der Waals surface area contributed by atoms with Gasteiger partial charge < -0.3 is 0 Å². The van der Waals surface area contributed by atoms with Crippen LogP contribution in [0.1, 0.15) is 25.0 Å². The van der Waals surface area contributed by atoms with Gasteiger partial charge in [-0.1, -0.05) is 184 Å². The van der Waals surface area contributed by atoms with Gasteiger partial charge in [0.05, 0.1) is 22.2 Å². The van der Waals surface area contributed by atoms with Crippen molar-refractivity contribution in [1.29, 1.82) is 0 Å². The van der Waals surface area contributed by atoms with Crippen molar-refractivity contribution in [3.8, 4) is 50.6 Å². The first kappa shape index (κ1) is 32.8. The molecule has 0 aliphatic heterocycles. The Morgan fingerprint density at radius 3 is 1.88 bits per heavy atom. The summed E-state index contributed by atoms with van der Waals surface area (Å²) in [6.45, 7) is 4.68. The lowest BCUT2D eigenvalue weighted by molar-refractivity contribution is 0.660. The van der Waals surface area contributed by atoms with Crippen LogP contribution in [-0.4, -0.2) is 14.5 Å². The molecule has 0 radical (unpaired) electrons. The summed E-state index contributed by atoms with van der Waals surface area (Å²) in [5.74, 6) is 0.655. The van der Waals surface area contributed by atoms with E-state index in [1.807, 2.05) is 0 Å². The second-order valence-electron chi connectivity index (χ2n) is 16.1. The van der Waals surface area contributed by atoms with Gasteiger partial charge in [0.15, 0.2) is 0 Å². The van der Waals surface area contributed by atoms with Crippen molar-refractivity contribution in [3.05, 3.63) is 199 Å². The van der Waals surface area contributed by atoms with Crippen LogP contribution in [0, 0.1) is 0 Å². The molecule has 0 unspecified atom stereocenters. The molecule has 1 aliphatic carbocycles. The van der Waals surface area contributed by atoms with Gasteiger partial charge in [-0.2, -0.15) is 0 Å². The SMILES string of the molecule is CC1(C)c2ccccc2-c2cc(-c3cccc4c5c6ccccc6ccc5n(-c5nc(-c6ccc(-c7cccc8ccccc78)cc6)c6ccccc6n5)c34)ccc21. The zero-order chi connectivity index (χ0) is 38.5. The van der Waals surface area contributed by atoms with Gasteiger partial charge >= 0.3 is 0 Å². The molecule has 0 fully saturated rings. The smallest absolute Gasteiger partial charge is 0.235 e. The Morgan fingerprint density at radius 1 is 0.414 bits per heavy atom. The van der Waals surface area contributed by atoms with Crippen LogP contribution < -0.4 is 0 Å². The van der Waals surface area contributed by atoms with Crippen LogP contribution in [0.5, 0.6) is 0 Å². The predicted molar refractivity (Wildman–Crippen MR) is 243 cm³/mol. The van der Waals surface area contributed by atoms with Gasteiger partial charge in [0.25, 0.3) is 0 Å². The zero-order valence-electron chi connectivity index (χ0n) is 32.2. The van der Waals surface area contributed by atoms with E-state index in [0.717, 1.165) is 38.8 Å². The number of benzene rings is 9. The summed E-state index contributed by atoms with van der Waals surface area (Å²) < 4.78 is 2.32. The van der Waals surface area contributed by atoms with E-state index in [1.165, 1.54) is 71.3 Å². The largest absolute Gasteiger partial charge is 0.277 e. The topological polar surface area (TPSA) is 30.7 Å². The molecule has 0 atom stereocenters. The maximum atomic E-state index is 5.54. The number of hydrogen-bond donors (Lipinski definition) is 0. The van der Waals surface area contributed by atoms with E-state index in [1.54, 1.807) is 0 Å². The third kappa shape index (κ3) is 4.74. The van der Waals surface area contributed by atoms with Gasteiger partial charge in [0, 0.05) is 32.7 Å². The minimum atomic E-state index is -0.0628. The fourth-order valence-electron chi connectivity index (χ4n) is 9.83. The number of hydrogen-bond acceptors (Lipinski definition) is 2. The monoisotopic (exact) mass is 739 g/mol. The fourth-order valence-corrected chi connectivity index (χ4v) is 9.83. The van der Waals surface area contributed by atoms with Crippen molar-refractivity contribution in [2.75, 3.05) is 0 Å². The molecule has 58 heavy (non-hydrogen) atoms. The second-order valence-corrected chi connectivity index (χ2v) is 16.1. The molecule has 272 valence electrons. The van der Waals surface area contributed by atoms with Gasteiger partial charge in [-0.05, 0) is 78.7 Å². The fraction of sp³-hybridized carbons (Fsp3) is 0.0545. The lowest BCUT2D eigenvalue weighted by atomic mass is 9.82. The minimum absolute atomic E-state index is 0.0628. The number of aromatic nitrogens is 3. The summed E-state index contributed by atoms with van der Waals surface area (Å²) in [7, 11) is 0. The quantitative estimate of drug-likeness (QED) is 0.180. The average molecular weight is 740 g/mol. The van der Waals surface area contributed by atoms with E-state index in [0.29, 0.717) is 5.95 Å². The maximum Gasteiger partial charge on any atom is 0.235 e. The van der Waals surface area contributed by atoms with E-state index >= 15 is 0 Å². The van der Waals surface area contributed by atoms with E-state index in [2.05, 4.69) is 206 Å². The van der Waals surface area contributed by atoms with Crippen molar-refractivity contribution >= 4 is 54.3 Å². The Morgan fingerprint density at radius 2 is 1.02 bits per heavy atom. The minimum Gasteiger partial charge on any atom is -0.277 e. The highest BCUT2D eigenvalue weighted by atomic mass is 15.2. The molecule has 0 saturated heterocycles. The van der Waals surface area contributed by atoms with Gasteiger partial charge in [-0.25, -0.2) is 9.97 Å². The molecule has 0 spiro atoms. The van der Waals surface area contributed by atoms with Crippen LogP contribution in [0.15, 0.2) is 188 Å². The summed E-state index contributed by atoms with van der Waals surface area (Å²) in [6, 6.07) is 68.3. The molecule has 1 aliphatic rings. The van der Waals surface area contributed by atoms with Crippen LogP contribution in [0.2, 0.25) is 0 Å². The van der Waals surface area contributed by atoms with Crippen molar-refractivity contribution in [3.63, 3.8) is 0 Å². The molecule has 0 saturated carbocycles. The summed E-state index contributed by atoms with van der Waals surface area (Å²) in [4.78, 5) is 10.9. The number of rotatable bonds is 4. The average Bonchev–Trinajstić information content (AvgIpc) is 3.74. The van der Waals surface area contributed by atoms with Crippen molar-refractivity contribution in [2.45, 2.75) is 19.3 Å². The van der Waals surface area contributed by atoms with Gasteiger partial charge in [0.1, 0.15) is 0 Å². The van der Waals surface area contributed by atoms with Crippen molar-refractivity contribution in [1.82, 2.24) is 14.5 Å². The van der Waals surface area contributed by atoms with E-state index in [4.69, 9.17) is 9.97 Å². The maximum absolute atomic E-state index is 5.54. The van der Waals surface area contributed by atoms with Crippen molar-refractivity contribution in [2.24, 2.45) is 0 Å². The van der Waals surface area contributed by atoms with Crippen LogP contribution in [0.3, 0.4) is 0 Å². The normalized spacial score (nSPS) is 13.1. The number of fused-ring (bicyclic) bond motifs is 10. The first-order valence-corrected chi connectivity index (χ1v) is 20.1. The van der Waals surface area contributed by atoms with E-state index < -0.39 is 0 Å². The molecule has 2 aromatic heterocycles. The molecule has 0 N–H and O–H groups in total. The summed E-state index contributed by atoms with van der Waals surface area (Å²) in [5.41, 5.74) is 15.1. The van der Waals surface area contributed by atoms with Crippen LogP contribution in [0.4, 0.5) is 0 Å². The Bertz CT molecular complexity index is 3470. The highest BCUT2D eigenvalue weighted by Gasteiger charge is 2.35. The lowest BCUT2D eigenvalue weighted by Gasteiger charge is -2.21. The highest BCUT2D eigenvalue weighted by molar-refractivity contribution is 6.23. The zero-order valence-corrected chi connectivity index (χ0v) is 32.2. The first-order chi connectivity index (χ1) is 28.5. The molecule has 0 bridgehead atoms. The summed E-state index contributed by atoms with van der Waals surface area (Å²) >= 11 is 0. The molecule has 3 nitrogen and oxygen atoms in total. The molecular weight excluding hydrogens is 703 g/mol. The Kier molecular flexibility index (Phi) is 6.98. The number of nitrogens with zero attached hydrogens (tertiary/aromatic N) is 3. The molecular formula is C55H37N3. The molecule has 3 heteroatoms. The van der Waals surface area contributed by atoms with E-state index in [-0.39, 0.29) is 5.41 Å². The van der Waals surface area contributed by atoms with Crippen molar-refractivity contribution < 1.29 is 0 Å². The third-order valence-electron chi connectivity index (χ3n) is 12.6. The number of para-hydroxylation sites is 2. The summed E-state index contributed by atoms with van der Waals surface area (Å²) in [5, 5.41) is 8.33. The molecule has 0 amide bonds. The molecule has 11 aromatic rings. The lowest BCUT2D eigenvalue weighted by Crippen LogP contribution is -2.14. The molecule has 9 aromatic carbocycles. The van der Waals surface area contributed by atoms with Crippen LogP contribution in [-0.2, 0) is 5.41 Å². The van der Waals surface area contributed by atoms with Crippen LogP contribution >= 0.6 is 0 Å². The third-order valence-corrected chi connectivity index (χ3v) is 12.6. The Labute approximate surface area is 336 Å². The second kappa shape index (κ2) is 12.3. The van der Waals surface area contributed by atoms with E-state index in [9.17, 15) is 0 Å². The van der Waals surface area contributed by atoms with Gasteiger partial charge in [-0.3, -0.25) is 4.57 Å². The highest BCUT2D eigenvalue weighted by Crippen LogP contribution is 2.50. The Hall–Kier alpha value is -7.36. The molecule has 2 heterocycles. The predicted octanol–water partition coefficient (Wildman–Crippen LogP) is 14.3. The molecule has 12 rings (SSSR count). The van der Waals surface area contributed by atoms with Gasteiger partial charge in [0.2, 0.25) is 5.95 Å². The van der Waals surface area contributed by atoms with Gasteiger partial charge in [-0.15, -0.1) is 0 Å². The first-order valence-electron chi connectivity index (χ1n) is 20.1. The Balaban J connectivity index is 1.11. The summed E-state index contributed by atoms with van der Waals surface area (Å²) in [6.07, 6.45) is 0.